The Kier molecular flexibility index (Phi) is 2.67. The van der Waals surface area contributed by atoms with Crippen molar-refractivity contribution in [1.82, 2.24) is 0 Å². The summed E-state index contributed by atoms with van der Waals surface area (Å²) >= 11 is 0. The minimum Gasteiger partial charge on any atom is -0.480 e. The van der Waals surface area contributed by atoms with Crippen LogP contribution in [0.5, 0.6) is 0 Å². The van der Waals surface area contributed by atoms with Crippen LogP contribution in [0.15, 0.2) is 0 Å². The Morgan fingerprint density at radius 1 is 1.70 bits per heavy atom. The lowest BCUT2D eigenvalue weighted by atomic mass is 10.2. The third-order valence-corrected chi connectivity index (χ3v) is 0.932. The van der Waals surface area contributed by atoms with E-state index in [0.717, 1.165) is 0 Å². The number of hydrogen-bond acceptors (Lipinski definition) is 3. The van der Waals surface area contributed by atoms with E-state index in [-0.39, 0.29) is 0 Å². The van der Waals surface area contributed by atoms with Crippen molar-refractivity contribution in [1.29, 1.82) is 0 Å². The van der Waals surface area contributed by atoms with Gasteiger partial charge < -0.3 is 15.9 Å². The van der Waals surface area contributed by atoms with E-state index in [1.165, 1.54) is 0 Å². The Hall–Kier alpha value is -0.750. The number of aliphatic hydroxyl groups excluding tert-OH is 1. The SMILES string of the molecule is N[C@H](C(=O)O)C(F)(F)CO. The first-order valence-electron chi connectivity index (χ1n) is 2.39. The number of rotatable bonds is 3. The molecule has 0 rings (SSSR count). The molecule has 10 heavy (non-hydrogen) atoms. The highest BCUT2D eigenvalue weighted by Gasteiger charge is 2.41. The smallest absolute Gasteiger partial charge is 0.326 e. The van der Waals surface area contributed by atoms with Crippen molar-refractivity contribution in [3.8, 4) is 0 Å². The molecule has 0 radical (unpaired) electrons. The monoisotopic (exact) mass is 155 g/mol. The Bertz CT molecular complexity index is 138. The summed E-state index contributed by atoms with van der Waals surface area (Å²) in [5, 5.41) is 15.9. The Labute approximate surface area is 55.3 Å². The zero-order valence-corrected chi connectivity index (χ0v) is 4.92. The molecule has 0 amide bonds. The van der Waals surface area contributed by atoms with Gasteiger partial charge in [-0.3, -0.25) is 4.79 Å². The minimum atomic E-state index is -3.74. The molecule has 0 aromatic rings. The molecule has 0 bridgehead atoms. The van der Waals surface area contributed by atoms with Crippen LogP contribution in [-0.4, -0.2) is 34.8 Å². The van der Waals surface area contributed by atoms with E-state index >= 15 is 0 Å². The van der Waals surface area contributed by atoms with Gasteiger partial charge in [0.05, 0.1) is 0 Å². The van der Waals surface area contributed by atoms with Gasteiger partial charge in [0, 0.05) is 0 Å². The highest BCUT2D eigenvalue weighted by Crippen LogP contribution is 2.15. The molecule has 0 spiro atoms. The first-order valence-corrected chi connectivity index (χ1v) is 2.39. The number of aliphatic hydroxyl groups is 1. The molecule has 0 saturated heterocycles. The van der Waals surface area contributed by atoms with E-state index in [1.54, 1.807) is 0 Å². The molecule has 0 fully saturated rings. The number of aliphatic carboxylic acids is 1. The third kappa shape index (κ3) is 1.89. The zero-order chi connectivity index (χ0) is 8.36. The first kappa shape index (κ1) is 9.25. The quantitative estimate of drug-likeness (QED) is 0.489. The molecule has 0 aliphatic carbocycles. The summed E-state index contributed by atoms with van der Waals surface area (Å²) in [6.45, 7) is -1.56. The maximum atomic E-state index is 12.0. The fraction of sp³-hybridized carbons (Fsp3) is 0.750. The van der Waals surface area contributed by atoms with Gasteiger partial charge in [-0.15, -0.1) is 0 Å². The molecule has 6 heteroatoms. The second kappa shape index (κ2) is 2.89. The highest BCUT2D eigenvalue weighted by molar-refractivity contribution is 5.74. The molecular weight excluding hydrogens is 148 g/mol. The van der Waals surface area contributed by atoms with Gasteiger partial charge in [-0.1, -0.05) is 0 Å². The van der Waals surface area contributed by atoms with E-state index in [9.17, 15) is 13.6 Å². The summed E-state index contributed by atoms with van der Waals surface area (Å²) in [6, 6.07) is -2.34. The summed E-state index contributed by atoms with van der Waals surface area (Å²) in [7, 11) is 0. The summed E-state index contributed by atoms with van der Waals surface area (Å²) in [5.74, 6) is -5.58. The Balaban J connectivity index is 4.17. The number of hydrogen-bond donors (Lipinski definition) is 3. The molecule has 0 heterocycles. The molecule has 0 aliphatic heterocycles. The standard InChI is InChI=1S/C4H7F2NO3/c5-4(6,1-8)2(7)3(9)10/h2,8H,1,7H2,(H,9,10)/t2-/m1/s1. The molecule has 1 atom stereocenters. The molecule has 0 unspecified atom stereocenters. The van der Waals surface area contributed by atoms with Crippen molar-refractivity contribution in [3.63, 3.8) is 0 Å². The molecule has 4 N–H and O–H groups in total. The fourth-order valence-corrected chi connectivity index (χ4v) is 0.279. The van der Waals surface area contributed by atoms with Crippen molar-refractivity contribution >= 4 is 5.97 Å². The van der Waals surface area contributed by atoms with Crippen molar-refractivity contribution in [2.75, 3.05) is 6.61 Å². The number of carbonyl (C=O) groups is 1. The highest BCUT2D eigenvalue weighted by atomic mass is 19.3. The molecular formula is C4H7F2NO3. The number of halogens is 2. The summed E-state index contributed by atoms with van der Waals surface area (Å²) < 4.78 is 24.1. The molecule has 60 valence electrons. The lowest BCUT2D eigenvalue weighted by molar-refractivity contribution is -0.152. The Morgan fingerprint density at radius 3 is 2.20 bits per heavy atom. The molecule has 0 aliphatic rings. The summed E-state index contributed by atoms with van der Waals surface area (Å²) in [4.78, 5) is 9.79. The summed E-state index contributed by atoms with van der Waals surface area (Å²) in [6.07, 6.45) is 0. The molecule has 0 saturated carbocycles. The van der Waals surface area contributed by atoms with E-state index in [0.29, 0.717) is 0 Å². The van der Waals surface area contributed by atoms with Crippen LogP contribution in [0.25, 0.3) is 0 Å². The molecule has 0 aromatic heterocycles. The van der Waals surface area contributed by atoms with Crippen LogP contribution in [0.2, 0.25) is 0 Å². The Morgan fingerprint density at radius 2 is 2.10 bits per heavy atom. The lowest BCUT2D eigenvalue weighted by Gasteiger charge is -2.16. The van der Waals surface area contributed by atoms with Crippen molar-refractivity contribution in [3.05, 3.63) is 0 Å². The van der Waals surface area contributed by atoms with Gasteiger partial charge in [0.25, 0.3) is 5.92 Å². The van der Waals surface area contributed by atoms with Crippen LogP contribution in [0.4, 0.5) is 8.78 Å². The van der Waals surface area contributed by atoms with Crippen LogP contribution in [-0.2, 0) is 4.79 Å². The second-order valence-electron chi connectivity index (χ2n) is 1.74. The number of carboxylic acid groups (broad SMARTS) is 1. The average Bonchev–Trinajstić information content (AvgIpc) is 1.86. The predicted molar refractivity (Wildman–Crippen MR) is 27.6 cm³/mol. The van der Waals surface area contributed by atoms with E-state index in [1.807, 2.05) is 0 Å². The van der Waals surface area contributed by atoms with Gasteiger partial charge in [-0.25, -0.2) is 8.78 Å². The van der Waals surface area contributed by atoms with E-state index in [2.05, 4.69) is 5.73 Å². The first-order chi connectivity index (χ1) is 4.41. The maximum absolute atomic E-state index is 12.0. The van der Waals surface area contributed by atoms with Gasteiger partial charge in [-0.2, -0.15) is 0 Å². The summed E-state index contributed by atoms with van der Waals surface area (Å²) in [5.41, 5.74) is 4.50. The number of alkyl halides is 2. The van der Waals surface area contributed by atoms with E-state index in [4.69, 9.17) is 10.2 Å². The van der Waals surface area contributed by atoms with Crippen LogP contribution < -0.4 is 5.73 Å². The zero-order valence-electron chi connectivity index (χ0n) is 4.92. The predicted octanol–water partition coefficient (Wildman–Crippen LogP) is -0.974. The average molecular weight is 155 g/mol. The molecule has 0 aromatic carbocycles. The lowest BCUT2D eigenvalue weighted by Crippen LogP contribution is -2.49. The van der Waals surface area contributed by atoms with Crippen molar-refractivity contribution < 1.29 is 23.8 Å². The van der Waals surface area contributed by atoms with Gasteiger partial charge in [0.2, 0.25) is 0 Å². The number of carboxylic acids is 1. The number of nitrogens with two attached hydrogens (primary N) is 1. The van der Waals surface area contributed by atoms with Crippen LogP contribution in [0.3, 0.4) is 0 Å². The van der Waals surface area contributed by atoms with Crippen LogP contribution in [0.1, 0.15) is 0 Å². The minimum absolute atomic E-state index is 1.56. The largest absolute Gasteiger partial charge is 0.480 e. The van der Waals surface area contributed by atoms with Gasteiger partial charge in [0.1, 0.15) is 6.61 Å². The molecule has 4 nitrogen and oxygen atoms in total. The van der Waals surface area contributed by atoms with Gasteiger partial charge in [0.15, 0.2) is 6.04 Å². The van der Waals surface area contributed by atoms with Crippen LogP contribution >= 0.6 is 0 Å². The third-order valence-electron chi connectivity index (χ3n) is 0.932. The van der Waals surface area contributed by atoms with Gasteiger partial charge >= 0.3 is 5.97 Å². The van der Waals surface area contributed by atoms with Gasteiger partial charge in [-0.05, 0) is 0 Å². The normalized spacial score (nSPS) is 14.8. The van der Waals surface area contributed by atoms with Crippen LogP contribution in [0, 0.1) is 0 Å². The fourth-order valence-electron chi connectivity index (χ4n) is 0.279. The second-order valence-corrected chi connectivity index (χ2v) is 1.74. The maximum Gasteiger partial charge on any atom is 0.326 e. The van der Waals surface area contributed by atoms with Crippen molar-refractivity contribution in [2.24, 2.45) is 5.73 Å². The van der Waals surface area contributed by atoms with Crippen molar-refractivity contribution in [2.45, 2.75) is 12.0 Å². The topological polar surface area (TPSA) is 83.6 Å². The van der Waals surface area contributed by atoms with E-state index < -0.39 is 24.5 Å².